The van der Waals surface area contributed by atoms with Crippen molar-refractivity contribution < 1.29 is 4.74 Å². The van der Waals surface area contributed by atoms with Crippen LogP contribution >= 0.6 is 23.2 Å². The largest absolute Gasteiger partial charge is 0.496 e. The van der Waals surface area contributed by atoms with Crippen LogP contribution in [0.1, 0.15) is 5.56 Å². The van der Waals surface area contributed by atoms with Crippen molar-refractivity contribution in [1.29, 1.82) is 0 Å². The van der Waals surface area contributed by atoms with Gasteiger partial charge in [0.1, 0.15) is 5.75 Å². The first kappa shape index (κ1) is 12.3. The van der Waals surface area contributed by atoms with Crippen molar-refractivity contribution in [2.45, 2.75) is 5.88 Å². The summed E-state index contributed by atoms with van der Waals surface area (Å²) in [6.45, 7) is 0. The summed E-state index contributed by atoms with van der Waals surface area (Å²) in [7, 11) is 1.65. The molecular weight excluding hydrogens is 255 g/mol. The fourth-order valence-corrected chi connectivity index (χ4v) is 2.13. The smallest absolute Gasteiger partial charge is 0.126 e. The van der Waals surface area contributed by atoms with E-state index in [-0.39, 0.29) is 0 Å². The van der Waals surface area contributed by atoms with Gasteiger partial charge >= 0.3 is 0 Å². The molecule has 0 unspecified atom stereocenters. The Morgan fingerprint density at radius 2 is 1.82 bits per heavy atom. The van der Waals surface area contributed by atoms with Gasteiger partial charge in [0.15, 0.2) is 0 Å². The van der Waals surface area contributed by atoms with E-state index in [1.807, 2.05) is 42.5 Å². The first-order valence-electron chi connectivity index (χ1n) is 5.24. The number of halogens is 2. The van der Waals surface area contributed by atoms with E-state index in [4.69, 9.17) is 27.9 Å². The van der Waals surface area contributed by atoms with Gasteiger partial charge in [-0.2, -0.15) is 0 Å². The molecule has 0 aliphatic carbocycles. The van der Waals surface area contributed by atoms with E-state index in [0.717, 1.165) is 22.4 Å². The van der Waals surface area contributed by atoms with Gasteiger partial charge in [-0.15, -0.1) is 11.6 Å². The van der Waals surface area contributed by atoms with Gasteiger partial charge in [-0.25, -0.2) is 0 Å². The highest BCUT2D eigenvalue weighted by Gasteiger charge is 2.09. The average Bonchev–Trinajstić information content (AvgIpc) is 2.38. The van der Waals surface area contributed by atoms with E-state index in [9.17, 15) is 0 Å². The molecule has 0 N–H and O–H groups in total. The first-order valence-corrected chi connectivity index (χ1v) is 6.15. The lowest BCUT2D eigenvalue weighted by Gasteiger charge is -2.11. The second kappa shape index (κ2) is 5.44. The van der Waals surface area contributed by atoms with Gasteiger partial charge in [0.25, 0.3) is 0 Å². The van der Waals surface area contributed by atoms with Crippen molar-refractivity contribution in [2.24, 2.45) is 0 Å². The molecule has 0 atom stereocenters. The maximum atomic E-state index is 6.19. The zero-order valence-corrected chi connectivity index (χ0v) is 10.9. The summed E-state index contributed by atoms with van der Waals surface area (Å²) < 4.78 is 5.35. The van der Waals surface area contributed by atoms with Crippen molar-refractivity contribution in [3.8, 4) is 16.9 Å². The standard InChI is InChI=1S/C14H12Cl2O/c1-17-14-7-6-10(9-15)8-12(14)11-4-2-3-5-13(11)16/h2-8H,9H2,1H3. The molecule has 2 aromatic rings. The van der Waals surface area contributed by atoms with Gasteiger partial charge in [-0.05, 0) is 23.8 Å². The number of alkyl halides is 1. The molecule has 0 saturated carbocycles. The highest BCUT2D eigenvalue weighted by molar-refractivity contribution is 6.33. The predicted molar refractivity (Wildman–Crippen MR) is 73.0 cm³/mol. The highest BCUT2D eigenvalue weighted by atomic mass is 35.5. The number of hydrogen-bond acceptors (Lipinski definition) is 1. The SMILES string of the molecule is COc1ccc(CCl)cc1-c1ccccc1Cl. The highest BCUT2D eigenvalue weighted by Crippen LogP contribution is 2.35. The maximum absolute atomic E-state index is 6.19. The van der Waals surface area contributed by atoms with E-state index >= 15 is 0 Å². The molecule has 2 rings (SSSR count). The Kier molecular flexibility index (Phi) is 3.93. The van der Waals surface area contributed by atoms with Gasteiger partial charge in [0.2, 0.25) is 0 Å². The van der Waals surface area contributed by atoms with E-state index in [1.165, 1.54) is 0 Å². The summed E-state index contributed by atoms with van der Waals surface area (Å²) in [5.74, 6) is 1.27. The maximum Gasteiger partial charge on any atom is 0.126 e. The molecule has 0 amide bonds. The van der Waals surface area contributed by atoms with Crippen LogP contribution in [0, 0.1) is 0 Å². The third-order valence-corrected chi connectivity index (χ3v) is 3.22. The number of methoxy groups -OCH3 is 1. The van der Waals surface area contributed by atoms with Crippen molar-refractivity contribution >= 4 is 23.2 Å². The fourth-order valence-electron chi connectivity index (χ4n) is 1.73. The van der Waals surface area contributed by atoms with Crippen molar-refractivity contribution in [2.75, 3.05) is 7.11 Å². The van der Waals surface area contributed by atoms with Crippen molar-refractivity contribution in [1.82, 2.24) is 0 Å². The molecule has 0 fully saturated rings. The summed E-state index contributed by atoms with van der Waals surface area (Å²) in [5, 5.41) is 0.706. The summed E-state index contributed by atoms with van der Waals surface area (Å²) in [6.07, 6.45) is 0. The number of rotatable bonds is 3. The van der Waals surface area contributed by atoms with E-state index in [1.54, 1.807) is 7.11 Å². The molecule has 0 spiro atoms. The van der Waals surface area contributed by atoms with Crippen LogP contribution in [0.15, 0.2) is 42.5 Å². The Hall–Kier alpha value is -1.18. The number of hydrogen-bond donors (Lipinski definition) is 0. The lowest BCUT2D eigenvalue weighted by molar-refractivity contribution is 0.416. The zero-order chi connectivity index (χ0) is 12.3. The summed E-state index contributed by atoms with van der Waals surface area (Å²) in [6, 6.07) is 13.6. The number of ether oxygens (including phenoxy) is 1. The summed E-state index contributed by atoms with van der Waals surface area (Å²) in [4.78, 5) is 0. The molecule has 0 saturated heterocycles. The van der Waals surface area contributed by atoms with Gasteiger partial charge in [-0.3, -0.25) is 0 Å². The van der Waals surface area contributed by atoms with Crippen LogP contribution in [0.2, 0.25) is 5.02 Å². The van der Waals surface area contributed by atoms with Gasteiger partial charge in [-0.1, -0.05) is 35.9 Å². The Morgan fingerprint density at radius 3 is 2.47 bits per heavy atom. The third-order valence-electron chi connectivity index (χ3n) is 2.58. The molecular formula is C14H12Cl2O. The van der Waals surface area contributed by atoms with Crippen LogP contribution in [0.3, 0.4) is 0 Å². The molecule has 1 nitrogen and oxygen atoms in total. The van der Waals surface area contributed by atoms with Crippen LogP contribution < -0.4 is 4.74 Å². The summed E-state index contributed by atoms with van der Waals surface area (Å²) in [5.41, 5.74) is 2.97. The minimum absolute atomic E-state index is 0.474. The van der Waals surface area contributed by atoms with E-state index in [2.05, 4.69) is 0 Å². The Bertz CT molecular complexity index is 523. The van der Waals surface area contributed by atoms with Crippen LogP contribution in [0.25, 0.3) is 11.1 Å². The minimum atomic E-state index is 0.474. The number of benzene rings is 2. The Morgan fingerprint density at radius 1 is 1.06 bits per heavy atom. The molecule has 0 heterocycles. The molecule has 88 valence electrons. The van der Waals surface area contributed by atoms with Crippen molar-refractivity contribution in [3.05, 3.63) is 53.1 Å². The van der Waals surface area contributed by atoms with Gasteiger partial charge in [0.05, 0.1) is 7.11 Å². The minimum Gasteiger partial charge on any atom is -0.496 e. The predicted octanol–water partition coefficient (Wildman–Crippen LogP) is 4.75. The van der Waals surface area contributed by atoms with E-state index < -0.39 is 0 Å². The second-order valence-corrected chi connectivity index (χ2v) is 4.32. The molecule has 2 aromatic carbocycles. The molecule has 0 aliphatic rings. The fraction of sp³-hybridized carbons (Fsp3) is 0.143. The molecule has 0 aliphatic heterocycles. The molecule has 0 radical (unpaired) electrons. The Labute approximate surface area is 111 Å². The molecule has 0 aromatic heterocycles. The zero-order valence-electron chi connectivity index (χ0n) is 9.41. The van der Waals surface area contributed by atoms with E-state index in [0.29, 0.717) is 10.9 Å². The molecule has 0 bridgehead atoms. The van der Waals surface area contributed by atoms with Gasteiger partial charge in [0, 0.05) is 22.0 Å². The summed E-state index contributed by atoms with van der Waals surface area (Å²) >= 11 is 12.0. The van der Waals surface area contributed by atoms with Crippen LogP contribution in [-0.2, 0) is 5.88 Å². The third kappa shape index (κ3) is 2.56. The topological polar surface area (TPSA) is 9.23 Å². The average molecular weight is 267 g/mol. The van der Waals surface area contributed by atoms with Crippen LogP contribution in [-0.4, -0.2) is 7.11 Å². The first-order chi connectivity index (χ1) is 8.26. The van der Waals surface area contributed by atoms with Crippen LogP contribution in [0.5, 0.6) is 5.75 Å². The van der Waals surface area contributed by atoms with Crippen molar-refractivity contribution in [3.63, 3.8) is 0 Å². The monoisotopic (exact) mass is 266 g/mol. The quantitative estimate of drug-likeness (QED) is 0.729. The van der Waals surface area contributed by atoms with Gasteiger partial charge < -0.3 is 4.74 Å². The van der Waals surface area contributed by atoms with Crippen LogP contribution in [0.4, 0.5) is 0 Å². The lowest BCUT2D eigenvalue weighted by Crippen LogP contribution is -1.90. The Balaban J connectivity index is 2.60. The lowest BCUT2D eigenvalue weighted by atomic mass is 10.0. The second-order valence-electron chi connectivity index (χ2n) is 3.65. The normalized spacial score (nSPS) is 10.3. The molecule has 3 heteroatoms. The molecule has 17 heavy (non-hydrogen) atoms.